The van der Waals surface area contributed by atoms with Crippen molar-refractivity contribution in [2.45, 2.75) is 56.9 Å². The summed E-state index contributed by atoms with van der Waals surface area (Å²) in [5.74, 6) is 3.10. The van der Waals surface area contributed by atoms with Gasteiger partial charge in [-0.25, -0.2) is 9.97 Å². The third-order valence-corrected chi connectivity index (χ3v) is 6.54. The molecule has 1 aliphatic rings. The molecule has 2 aromatic heterocycles. The number of aromatic nitrogens is 2. The molecule has 0 bridgehead atoms. The van der Waals surface area contributed by atoms with E-state index >= 15 is 0 Å². The lowest BCUT2D eigenvalue weighted by atomic mass is 10.1. The minimum absolute atomic E-state index is 0.240. The lowest BCUT2D eigenvalue weighted by Crippen LogP contribution is -2.41. The number of nitrogens with zero attached hydrogens (tertiary/aromatic N) is 2. The van der Waals surface area contributed by atoms with Gasteiger partial charge in [-0.2, -0.15) is 0 Å². The van der Waals surface area contributed by atoms with E-state index in [0.717, 1.165) is 33.6 Å². The Morgan fingerprint density at radius 3 is 2.42 bits per heavy atom. The second kappa shape index (κ2) is 10.2. The molecule has 4 rings (SSSR count). The van der Waals surface area contributed by atoms with Gasteiger partial charge in [-0.3, -0.25) is 20.4 Å². The van der Waals surface area contributed by atoms with Crippen LogP contribution in [0.2, 0.25) is 0 Å². The van der Waals surface area contributed by atoms with Crippen molar-refractivity contribution in [3.05, 3.63) is 76.5 Å². The average molecular weight is 465 g/mol. The maximum Gasteiger partial charge on any atom is 0.269 e. The molecule has 2 unspecified atom stereocenters. The Balaban J connectivity index is 1.19. The standard InChI is InChI=1S/C25H28N4O3S/c1-15-12-21(15)22-10-8-20(32-22)9-11-23(30)28-29-24(31)19-6-4-18(5-7-19)14-33-25-26-16(2)13-17(3)27-25/h4-8,10,13,15,21H,9,11-12,14H2,1-3H3,(H,28,30)(H,29,31). The molecule has 1 saturated carbocycles. The molecule has 33 heavy (non-hydrogen) atoms. The van der Waals surface area contributed by atoms with Crippen LogP contribution >= 0.6 is 11.8 Å². The molecule has 0 saturated heterocycles. The second-order valence-corrected chi connectivity index (χ2v) is 9.49. The van der Waals surface area contributed by atoms with Gasteiger partial charge in [0.05, 0.1) is 0 Å². The lowest BCUT2D eigenvalue weighted by molar-refractivity contribution is -0.121. The van der Waals surface area contributed by atoms with Gasteiger partial charge in [0.25, 0.3) is 5.91 Å². The molecule has 2 N–H and O–H groups in total. The number of thioether (sulfide) groups is 1. The first-order chi connectivity index (χ1) is 15.9. The fourth-order valence-electron chi connectivity index (χ4n) is 3.60. The van der Waals surface area contributed by atoms with Gasteiger partial charge < -0.3 is 4.42 Å². The lowest BCUT2D eigenvalue weighted by Gasteiger charge is -2.08. The number of hydrogen-bond donors (Lipinski definition) is 2. The molecular weight excluding hydrogens is 436 g/mol. The summed E-state index contributed by atoms with van der Waals surface area (Å²) in [4.78, 5) is 33.3. The van der Waals surface area contributed by atoms with Crippen LogP contribution in [-0.2, 0) is 17.0 Å². The molecule has 172 valence electrons. The van der Waals surface area contributed by atoms with Gasteiger partial charge >= 0.3 is 0 Å². The van der Waals surface area contributed by atoms with Crippen molar-refractivity contribution >= 4 is 23.6 Å². The van der Waals surface area contributed by atoms with Gasteiger partial charge in [-0.15, -0.1) is 0 Å². The monoisotopic (exact) mass is 464 g/mol. The van der Waals surface area contributed by atoms with Crippen molar-refractivity contribution < 1.29 is 14.0 Å². The van der Waals surface area contributed by atoms with Gasteiger partial charge in [0.2, 0.25) is 5.91 Å². The van der Waals surface area contributed by atoms with Crippen LogP contribution in [0.25, 0.3) is 0 Å². The SMILES string of the molecule is Cc1cc(C)nc(SCc2ccc(C(=O)NNC(=O)CCc3ccc(C4CC4C)o3)cc2)n1. The number of carbonyl (C=O) groups is 2. The Morgan fingerprint density at radius 2 is 1.76 bits per heavy atom. The Kier molecular flexibility index (Phi) is 7.13. The highest BCUT2D eigenvalue weighted by atomic mass is 32.2. The highest BCUT2D eigenvalue weighted by Crippen LogP contribution is 2.47. The van der Waals surface area contributed by atoms with Gasteiger partial charge in [-0.05, 0) is 62.1 Å². The summed E-state index contributed by atoms with van der Waals surface area (Å²) in [6, 6.07) is 13.1. The van der Waals surface area contributed by atoms with E-state index in [1.54, 1.807) is 23.9 Å². The number of nitrogens with one attached hydrogen (secondary N) is 2. The van der Waals surface area contributed by atoms with E-state index in [-0.39, 0.29) is 18.2 Å². The number of furan rings is 1. The molecule has 0 radical (unpaired) electrons. The van der Waals surface area contributed by atoms with Crippen LogP contribution in [0.5, 0.6) is 0 Å². The number of hydrogen-bond acceptors (Lipinski definition) is 6. The summed E-state index contributed by atoms with van der Waals surface area (Å²) < 4.78 is 5.82. The minimum atomic E-state index is -0.358. The van der Waals surface area contributed by atoms with Crippen LogP contribution in [0, 0.1) is 19.8 Å². The largest absolute Gasteiger partial charge is 0.466 e. The summed E-state index contributed by atoms with van der Waals surface area (Å²) in [7, 11) is 0. The highest BCUT2D eigenvalue weighted by molar-refractivity contribution is 7.98. The van der Waals surface area contributed by atoms with E-state index < -0.39 is 0 Å². The maximum atomic E-state index is 12.3. The number of amides is 2. The van der Waals surface area contributed by atoms with Crippen LogP contribution in [0.4, 0.5) is 0 Å². The molecule has 1 aliphatic carbocycles. The molecule has 2 heterocycles. The molecule has 0 spiro atoms. The Bertz CT molecular complexity index is 1120. The molecule has 2 atom stereocenters. The van der Waals surface area contributed by atoms with E-state index in [1.807, 2.05) is 44.2 Å². The third-order valence-electron chi connectivity index (χ3n) is 5.62. The number of hydrazine groups is 1. The first-order valence-corrected chi connectivity index (χ1v) is 12.1. The van der Waals surface area contributed by atoms with E-state index in [4.69, 9.17) is 4.42 Å². The van der Waals surface area contributed by atoms with Crippen LogP contribution < -0.4 is 10.9 Å². The summed E-state index contributed by atoms with van der Waals surface area (Å²) in [5, 5.41) is 0.741. The Hall–Kier alpha value is -3.13. The molecule has 3 aromatic rings. The molecule has 7 nitrogen and oxygen atoms in total. The first kappa shape index (κ1) is 23.0. The number of carbonyl (C=O) groups excluding carboxylic acids is 2. The van der Waals surface area contributed by atoms with E-state index in [9.17, 15) is 9.59 Å². The maximum absolute atomic E-state index is 12.3. The molecule has 1 aromatic carbocycles. The molecular formula is C25H28N4O3S. The van der Waals surface area contributed by atoms with Gasteiger partial charge in [-0.1, -0.05) is 30.8 Å². The van der Waals surface area contributed by atoms with Crippen LogP contribution in [0.1, 0.15) is 64.5 Å². The fraction of sp³-hybridized carbons (Fsp3) is 0.360. The predicted molar refractivity (Wildman–Crippen MR) is 127 cm³/mol. The molecule has 1 fully saturated rings. The van der Waals surface area contributed by atoms with E-state index in [0.29, 0.717) is 29.6 Å². The highest BCUT2D eigenvalue weighted by Gasteiger charge is 2.36. The number of rotatable bonds is 8. The predicted octanol–water partition coefficient (Wildman–Crippen LogP) is 4.50. The van der Waals surface area contributed by atoms with Crippen molar-refractivity contribution in [2.24, 2.45) is 5.92 Å². The van der Waals surface area contributed by atoms with Crippen LogP contribution in [0.3, 0.4) is 0 Å². The zero-order valence-corrected chi connectivity index (χ0v) is 19.9. The van der Waals surface area contributed by atoms with E-state index in [1.165, 1.54) is 6.42 Å². The number of benzene rings is 1. The van der Waals surface area contributed by atoms with Crippen molar-refractivity contribution in [3.8, 4) is 0 Å². The summed E-state index contributed by atoms with van der Waals surface area (Å²) in [5.41, 5.74) is 8.36. The summed E-state index contributed by atoms with van der Waals surface area (Å²) >= 11 is 1.55. The van der Waals surface area contributed by atoms with Gasteiger partial charge in [0.15, 0.2) is 5.16 Å². The normalized spacial score (nSPS) is 16.9. The summed E-state index contributed by atoms with van der Waals surface area (Å²) in [6.07, 6.45) is 1.91. The smallest absolute Gasteiger partial charge is 0.269 e. The topological polar surface area (TPSA) is 97.1 Å². The fourth-order valence-corrected chi connectivity index (χ4v) is 4.51. The van der Waals surface area contributed by atoms with E-state index in [2.05, 4.69) is 27.7 Å². The Labute approximate surface area is 197 Å². The second-order valence-electron chi connectivity index (χ2n) is 8.54. The molecule has 8 heteroatoms. The van der Waals surface area contributed by atoms with Crippen LogP contribution in [-0.4, -0.2) is 21.8 Å². The van der Waals surface area contributed by atoms with Crippen molar-refractivity contribution in [2.75, 3.05) is 0 Å². The quantitative estimate of drug-likeness (QED) is 0.290. The van der Waals surface area contributed by atoms with Gasteiger partial charge in [0, 0.05) is 41.5 Å². The zero-order chi connectivity index (χ0) is 23.4. The summed E-state index contributed by atoms with van der Waals surface area (Å²) in [6.45, 7) is 6.11. The number of aryl methyl sites for hydroxylation is 3. The minimum Gasteiger partial charge on any atom is -0.466 e. The van der Waals surface area contributed by atoms with Crippen LogP contribution in [0.15, 0.2) is 52.0 Å². The average Bonchev–Trinajstić information content (AvgIpc) is 3.33. The molecule has 2 amide bonds. The Morgan fingerprint density at radius 1 is 1.06 bits per heavy atom. The van der Waals surface area contributed by atoms with Gasteiger partial charge in [0.1, 0.15) is 11.5 Å². The van der Waals surface area contributed by atoms with Crippen molar-refractivity contribution in [3.63, 3.8) is 0 Å². The van der Waals surface area contributed by atoms with Crippen molar-refractivity contribution in [1.82, 2.24) is 20.8 Å². The third kappa shape index (κ3) is 6.44. The first-order valence-electron chi connectivity index (χ1n) is 11.1. The molecule has 0 aliphatic heterocycles. The zero-order valence-electron chi connectivity index (χ0n) is 19.1. The van der Waals surface area contributed by atoms with Crippen molar-refractivity contribution in [1.29, 1.82) is 0 Å².